The van der Waals surface area contributed by atoms with Gasteiger partial charge >= 0.3 is 0 Å². The zero-order valence-electron chi connectivity index (χ0n) is 12.0. The van der Waals surface area contributed by atoms with Crippen molar-refractivity contribution >= 4 is 40.7 Å². The van der Waals surface area contributed by atoms with E-state index in [1.54, 1.807) is 14.2 Å². The Balaban J connectivity index is 0. The molecule has 0 radical (unpaired) electrons. The van der Waals surface area contributed by atoms with Crippen LogP contribution in [0.25, 0.3) is 0 Å². The molecule has 1 aromatic rings. The SMILES string of the molecule is CNCCCNCc1cc(Br)c(OC)c(OC)c1.Cl.Cl. The van der Waals surface area contributed by atoms with Crippen LogP contribution in [-0.4, -0.2) is 34.4 Å². The Bertz CT molecular complexity index is 382. The molecule has 0 aliphatic heterocycles. The monoisotopic (exact) mass is 388 g/mol. The third-order valence-corrected chi connectivity index (χ3v) is 3.19. The first kappa shape index (κ1) is 22.1. The van der Waals surface area contributed by atoms with Gasteiger partial charge in [-0.2, -0.15) is 0 Å². The molecule has 0 saturated carbocycles. The fraction of sp³-hybridized carbons (Fsp3) is 0.538. The maximum Gasteiger partial charge on any atom is 0.174 e. The predicted octanol–water partition coefficient (Wildman–Crippen LogP) is 3.01. The molecule has 0 amide bonds. The second-order valence-electron chi connectivity index (χ2n) is 3.95. The summed E-state index contributed by atoms with van der Waals surface area (Å²) >= 11 is 3.49. The maximum atomic E-state index is 5.31. The average molecular weight is 390 g/mol. The Morgan fingerprint density at radius 3 is 2.35 bits per heavy atom. The number of halogens is 3. The minimum absolute atomic E-state index is 0. The van der Waals surface area contributed by atoms with Crippen molar-refractivity contribution in [1.82, 2.24) is 10.6 Å². The van der Waals surface area contributed by atoms with E-state index in [0.717, 1.165) is 42.0 Å². The van der Waals surface area contributed by atoms with Crippen LogP contribution < -0.4 is 20.1 Å². The van der Waals surface area contributed by atoms with Crippen molar-refractivity contribution in [3.63, 3.8) is 0 Å². The molecule has 0 aliphatic rings. The lowest BCUT2D eigenvalue weighted by molar-refractivity contribution is 0.352. The number of methoxy groups -OCH3 is 2. The summed E-state index contributed by atoms with van der Waals surface area (Å²) in [6, 6.07) is 4.04. The first-order valence-electron chi connectivity index (χ1n) is 5.98. The highest BCUT2D eigenvalue weighted by atomic mass is 79.9. The lowest BCUT2D eigenvalue weighted by Crippen LogP contribution is -2.19. The van der Waals surface area contributed by atoms with E-state index in [9.17, 15) is 0 Å². The minimum Gasteiger partial charge on any atom is -0.493 e. The fourth-order valence-electron chi connectivity index (χ4n) is 1.70. The summed E-state index contributed by atoms with van der Waals surface area (Å²) in [4.78, 5) is 0. The zero-order chi connectivity index (χ0) is 13.4. The average Bonchev–Trinajstić information content (AvgIpc) is 2.37. The lowest BCUT2D eigenvalue weighted by atomic mass is 10.2. The van der Waals surface area contributed by atoms with Gasteiger partial charge in [-0.1, -0.05) is 0 Å². The molecular formula is C13H23BrCl2N2O2. The second-order valence-corrected chi connectivity index (χ2v) is 4.80. The summed E-state index contributed by atoms with van der Waals surface area (Å²) in [7, 11) is 5.25. The smallest absolute Gasteiger partial charge is 0.174 e. The molecule has 20 heavy (non-hydrogen) atoms. The molecule has 0 spiro atoms. The lowest BCUT2D eigenvalue weighted by Gasteiger charge is -2.12. The van der Waals surface area contributed by atoms with Crippen LogP contribution in [0.1, 0.15) is 12.0 Å². The molecule has 2 N–H and O–H groups in total. The Morgan fingerprint density at radius 2 is 1.80 bits per heavy atom. The summed E-state index contributed by atoms with van der Waals surface area (Å²) in [6.07, 6.45) is 1.12. The Morgan fingerprint density at radius 1 is 1.10 bits per heavy atom. The Kier molecular flexibility index (Phi) is 13.8. The standard InChI is InChI=1S/C13H21BrN2O2.2ClH/c1-15-5-4-6-16-9-10-7-11(14)13(18-3)12(8-10)17-2;;/h7-8,15-16H,4-6,9H2,1-3H3;2*1H. The molecular weight excluding hydrogens is 367 g/mol. The van der Waals surface area contributed by atoms with E-state index in [0.29, 0.717) is 0 Å². The van der Waals surface area contributed by atoms with Crippen LogP contribution in [0.15, 0.2) is 16.6 Å². The van der Waals surface area contributed by atoms with E-state index in [2.05, 4.69) is 26.6 Å². The van der Waals surface area contributed by atoms with E-state index < -0.39 is 0 Å². The maximum absolute atomic E-state index is 5.31. The molecule has 1 rings (SSSR count). The number of ether oxygens (including phenoxy) is 2. The minimum atomic E-state index is 0. The van der Waals surface area contributed by atoms with Gasteiger partial charge in [0.25, 0.3) is 0 Å². The van der Waals surface area contributed by atoms with Crippen LogP contribution in [0.2, 0.25) is 0 Å². The summed E-state index contributed by atoms with van der Waals surface area (Å²) < 4.78 is 11.5. The van der Waals surface area contributed by atoms with Gasteiger partial charge in [0.15, 0.2) is 11.5 Å². The molecule has 1 aromatic carbocycles. The molecule has 0 atom stereocenters. The van der Waals surface area contributed by atoms with Crippen molar-refractivity contribution in [2.24, 2.45) is 0 Å². The largest absolute Gasteiger partial charge is 0.493 e. The molecule has 0 aliphatic carbocycles. The summed E-state index contributed by atoms with van der Waals surface area (Å²) in [5.74, 6) is 1.48. The molecule has 0 aromatic heterocycles. The molecule has 0 fully saturated rings. The topological polar surface area (TPSA) is 42.5 Å². The third-order valence-electron chi connectivity index (χ3n) is 2.60. The van der Waals surface area contributed by atoms with Gasteiger partial charge in [0.05, 0.1) is 18.7 Å². The summed E-state index contributed by atoms with van der Waals surface area (Å²) in [5, 5.41) is 6.52. The molecule has 7 heteroatoms. The van der Waals surface area contributed by atoms with Gasteiger partial charge < -0.3 is 20.1 Å². The fourth-order valence-corrected chi connectivity index (χ4v) is 2.35. The van der Waals surface area contributed by atoms with Crippen LogP contribution in [0.4, 0.5) is 0 Å². The van der Waals surface area contributed by atoms with Gasteiger partial charge in [-0.3, -0.25) is 0 Å². The number of hydrogen-bond donors (Lipinski definition) is 2. The molecule has 118 valence electrons. The molecule has 4 nitrogen and oxygen atoms in total. The normalized spacial score (nSPS) is 9.40. The van der Waals surface area contributed by atoms with E-state index >= 15 is 0 Å². The van der Waals surface area contributed by atoms with Crippen molar-refractivity contribution in [2.75, 3.05) is 34.4 Å². The predicted molar refractivity (Wildman–Crippen MR) is 92.0 cm³/mol. The van der Waals surface area contributed by atoms with Crippen LogP contribution >= 0.6 is 40.7 Å². The van der Waals surface area contributed by atoms with E-state index in [-0.39, 0.29) is 24.8 Å². The van der Waals surface area contributed by atoms with E-state index in [1.807, 2.05) is 19.2 Å². The van der Waals surface area contributed by atoms with Crippen molar-refractivity contribution in [3.05, 3.63) is 22.2 Å². The summed E-state index contributed by atoms with van der Waals surface area (Å²) in [5.41, 5.74) is 1.17. The van der Waals surface area contributed by atoms with Gasteiger partial charge in [-0.05, 0) is 60.2 Å². The number of hydrogen-bond acceptors (Lipinski definition) is 4. The van der Waals surface area contributed by atoms with Crippen LogP contribution in [0.5, 0.6) is 11.5 Å². The van der Waals surface area contributed by atoms with Crippen LogP contribution in [0.3, 0.4) is 0 Å². The highest BCUT2D eigenvalue weighted by Gasteiger charge is 2.09. The van der Waals surface area contributed by atoms with Crippen molar-refractivity contribution in [3.8, 4) is 11.5 Å². The molecule has 0 bridgehead atoms. The number of benzene rings is 1. The molecule has 0 unspecified atom stereocenters. The number of nitrogens with one attached hydrogen (secondary N) is 2. The first-order chi connectivity index (χ1) is 8.72. The van der Waals surface area contributed by atoms with Gasteiger partial charge in [-0.25, -0.2) is 0 Å². The van der Waals surface area contributed by atoms with Crippen molar-refractivity contribution < 1.29 is 9.47 Å². The van der Waals surface area contributed by atoms with E-state index in [4.69, 9.17) is 9.47 Å². The van der Waals surface area contributed by atoms with Gasteiger partial charge in [0.1, 0.15) is 0 Å². The van der Waals surface area contributed by atoms with Crippen molar-refractivity contribution in [1.29, 1.82) is 0 Å². The van der Waals surface area contributed by atoms with Crippen molar-refractivity contribution in [2.45, 2.75) is 13.0 Å². The highest BCUT2D eigenvalue weighted by Crippen LogP contribution is 2.36. The Labute approximate surface area is 141 Å². The first-order valence-corrected chi connectivity index (χ1v) is 6.78. The van der Waals surface area contributed by atoms with Crippen LogP contribution in [0, 0.1) is 0 Å². The van der Waals surface area contributed by atoms with E-state index in [1.165, 1.54) is 5.56 Å². The second kappa shape index (κ2) is 12.5. The van der Waals surface area contributed by atoms with Gasteiger partial charge in [-0.15, -0.1) is 24.8 Å². The van der Waals surface area contributed by atoms with Gasteiger partial charge in [0, 0.05) is 6.54 Å². The van der Waals surface area contributed by atoms with Crippen LogP contribution in [-0.2, 0) is 6.54 Å². The quantitative estimate of drug-likeness (QED) is 0.670. The highest BCUT2D eigenvalue weighted by molar-refractivity contribution is 9.10. The summed E-state index contributed by atoms with van der Waals surface area (Å²) in [6.45, 7) is 2.85. The zero-order valence-corrected chi connectivity index (χ0v) is 15.2. The third kappa shape index (κ3) is 6.99. The van der Waals surface area contributed by atoms with Gasteiger partial charge in [0.2, 0.25) is 0 Å². The molecule has 0 heterocycles. The number of rotatable bonds is 8. The molecule has 0 saturated heterocycles. The Hall–Kier alpha value is -0.200.